The number of halogens is 2. The van der Waals surface area contributed by atoms with E-state index in [-0.39, 0.29) is 16.5 Å². The first-order valence-electron chi connectivity index (χ1n) is 8.25. The highest BCUT2D eigenvalue weighted by atomic mass is 35.5. The molecule has 3 nitrogen and oxygen atoms in total. The van der Waals surface area contributed by atoms with E-state index in [2.05, 4.69) is 10.2 Å². The van der Waals surface area contributed by atoms with Crippen LogP contribution in [0.5, 0.6) is 0 Å². The Kier molecular flexibility index (Phi) is 5.36. The van der Waals surface area contributed by atoms with Crippen molar-refractivity contribution < 1.29 is 9.18 Å². The van der Waals surface area contributed by atoms with Crippen molar-refractivity contribution in [3.05, 3.63) is 58.9 Å². The first-order valence-corrected chi connectivity index (χ1v) is 8.63. The Hall–Kier alpha value is -2.07. The predicted octanol–water partition coefficient (Wildman–Crippen LogP) is 5.11. The van der Waals surface area contributed by atoms with Crippen molar-refractivity contribution in [2.24, 2.45) is 0 Å². The molecular weight excluding hydrogens is 327 g/mol. The molecule has 1 saturated heterocycles. The van der Waals surface area contributed by atoms with Crippen LogP contribution in [0.4, 0.5) is 15.8 Å². The zero-order chi connectivity index (χ0) is 16.9. The molecule has 3 rings (SSSR count). The van der Waals surface area contributed by atoms with Crippen molar-refractivity contribution in [3.63, 3.8) is 0 Å². The lowest BCUT2D eigenvalue weighted by Crippen LogP contribution is -2.23. The molecule has 1 aliphatic heterocycles. The zero-order valence-electron chi connectivity index (χ0n) is 13.4. The minimum Gasteiger partial charge on any atom is -0.372 e. The summed E-state index contributed by atoms with van der Waals surface area (Å²) in [6.07, 6.45) is 5.04. The lowest BCUT2D eigenvalue weighted by molar-refractivity contribution is 0.102. The van der Waals surface area contributed by atoms with E-state index in [0.29, 0.717) is 5.69 Å². The van der Waals surface area contributed by atoms with Crippen LogP contribution in [0.3, 0.4) is 0 Å². The van der Waals surface area contributed by atoms with E-state index >= 15 is 0 Å². The minimum absolute atomic E-state index is 0.105. The van der Waals surface area contributed by atoms with Crippen LogP contribution >= 0.6 is 11.6 Å². The third-order valence-corrected chi connectivity index (χ3v) is 4.58. The van der Waals surface area contributed by atoms with Crippen LogP contribution < -0.4 is 10.2 Å². The van der Waals surface area contributed by atoms with Gasteiger partial charge >= 0.3 is 0 Å². The van der Waals surface area contributed by atoms with E-state index < -0.39 is 5.82 Å². The highest BCUT2D eigenvalue weighted by molar-refractivity contribution is 6.34. The minimum atomic E-state index is -0.460. The van der Waals surface area contributed by atoms with Gasteiger partial charge in [-0.25, -0.2) is 4.39 Å². The van der Waals surface area contributed by atoms with Crippen LogP contribution in [0.15, 0.2) is 42.5 Å². The summed E-state index contributed by atoms with van der Waals surface area (Å²) in [5.41, 5.74) is 2.13. The van der Waals surface area contributed by atoms with Gasteiger partial charge in [-0.1, -0.05) is 24.4 Å². The number of hydrogen-bond acceptors (Lipinski definition) is 2. The summed E-state index contributed by atoms with van der Waals surface area (Å²) in [5.74, 6) is -0.805. The maximum Gasteiger partial charge on any atom is 0.257 e. The summed E-state index contributed by atoms with van der Waals surface area (Å²) in [5, 5.41) is 2.90. The monoisotopic (exact) mass is 346 g/mol. The van der Waals surface area contributed by atoms with Crippen LogP contribution in [0.25, 0.3) is 0 Å². The number of benzene rings is 2. The Morgan fingerprint density at radius 1 is 1.00 bits per heavy atom. The number of nitrogens with zero attached hydrogens (tertiary/aromatic N) is 1. The van der Waals surface area contributed by atoms with Gasteiger partial charge in [0.2, 0.25) is 0 Å². The fraction of sp³-hybridized carbons (Fsp3) is 0.316. The highest BCUT2D eigenvalue weighted by Crippen LogP contribution is 2.23. The molecular formula is C19H20ClFN2O. The van der Waals surface area contributed by atoms with Gasteiger partial charge in [0.15, 0.2) is 0 Å². The Labute approximate surface area is 146 Å². The van der Waals surface area contributed by atoms with Crippen molar-refractivity contribution in [1.29, 1.82) is 0 Å². The number of amides is 1. The molecule has 5 heteroatoms. The van der Waals surface area contributed by atoms with Gasteiger partial charge in [0.05, 0.1) is 10.6 Å². The van der Waals surface area contributed by atoms with E-state index in [0.717, 1.165) is 19.2 Å². The third kappa shape index (κ3) is 4.06. The standard InChI is InChI=1S/C19H20ClFN2O/c20-18-13-14(21)5-10-17(18)19(24)22-15-6-8-16(9-7-15)23-11-3-1-2-4-12-23/h5-10,13H,1-4,11-12H2,(H,22,24). The van der Waals surface area contributed by atoms with Gasteiger partial charge in [0.25, 0.3) is 5.91 Å². The normalized spacial score (nSPS) is 15.0. The van der Waals surface area contributed by atoms with Gasteiger partial charge in [0.1, 0.15) is 5.82 Å². The molecule has 24 heavy (non-hydrogen) atoms. The predicted molar refractivity (Wildman–Crippen MR) is 96.5 cm³/mol. The summed E-state index contributed by atoms with van der Waals surface area (Å²) in [4.78, 5) is 14.6. The molecule has 0 saturated carbocycles. The second-order valence-electron chi connectivity index (χ2n) is 6.03. The van der Waals surface area contributed by atoms with Gasteiger partial charge < -0.3 is 10.2 Å². The number of anilines is 2. The van der Waals surface area contributed by atoms with Crippen LogP contribution in [0.2, 0.25) is 5.02 Å². The number of hydrogen-bond donors (Lipinski definition) is 1. The molecule has 0 aromatic heterocycles. The Morgan fingerprint density at radius 3 is 2.29 bits per heavy atom. The molecule has 2 aromatic carbocycles. The molecule has 126 valence electrons. The quantitative estimate of drug-likeness (QED) is 0.837. The lowest BCUT2D eigenvalue weighted by Gasteiger charge is -2.22. The van der Waals surface area contributed by atoms with E-state index in [1.807, 2.05) is 24.3 Å². The molecule has 0 spiro atoms. The van der Waals surface area contributed by atoms with Crippen molar-refractivity contribution in [2.75, 3.05) is 23.3 Å². The van der Waals surface area contributed by atoms with E-state index in [1.165, 1.54) is 43.5 Å². The van der Waals surface area contributed by atoms with Crippen molar-refractivity contribution >= 4 is 28.9 Å². The summed E-state index contributed by atoms with van der Waals surface area (Å²) < 4.78 is 13.1. The van der Waals surface area contributed by atoms with E-state index in [1.54, 1.807) is 0 Å². The molecule has 1 aliphatic rings. The summed E-state index contributed by atoms with van der Waals surface area (Å²) in [6, 6.07) is 11.6. The molecule has 0 radical (unpaired) electrons. The van der Waals surface area contributed by atoms with E-state index in [9.17, 15) is 9.18 Å². The second-order valence-corrected chi connectivity index (χ2v) is 6.43. The molecule has 0 bridgehead atoms. The number of rotatable bonds is 3. The fourth-order valence-electron chi connectivity index (χ4n) is 2.96. The maximum absolute atomic E-state index is 13.1. The molecule has 0 unspecified atom stereocenters. The van der Waals surface area contributed by atoms with Crippen LogP contribution in [-0.2, 0) is 0 Å². The second kappa shape index (κ2) is 7.67. The topological polar surface area (TPSA) is 32.3 Å². The van der Waals surface area contributed by atoms with Gasteiger partial charge in [-0.05, 0) is 55.3 Å². The summed E-state index contributed by atoms with van der Waals surface area (Å²) in [7, 11) is 0. The Bertz CT molecular complexity index is 710. The number of carbonyl (C=O) groups excluding carboxylic acids is 1. The number of nitrogens with one attached hydrogen (secondary N) is 1. The van der Waals surface area contributed by atoms with Crippen LogP contribution in [0.1, 0.15) is 36.0 Å². The van der Waals surface area contributed by atoms with Crippen molar-refractivity contribution in [2.45, 2.75) is 25.7 Å². The van der Waals surface area contributed by atoms with Gasteiger partial charge in [0, 0.05) is 24.5 Å². The number of carbonyl (C=O) groups is 1. The molecule has 1 N–H and O–H groups in total. The third-order valence-electron chi connectivity index (χ3n) is 4.27. The average molecular weight is 347 g/mol. The van der Waals surface area contributed by atoms with Crippen molar-refractivity contribution in [3.8, 4) is 0 Å². The molecule has 1 amide bonds. The first kappa shape index (κ1) is 16.8. The molecule has 1 heterocycles. The average Bonchev–Trinajstić information content (AvgIpc) is 2.84. The highest BCUT2D eigenvalue weighted by Gasteiger charge is 2.13. The summed E-state index contributed by atoms with van der Waals surface area (Å²) >= 11 is 5.93. The van der Waals surface area contributed by atoms with Crippen molar-refractivity contribution in [1.82, 2.24) is 0 Å². The molecule has 2 aromatic rings. The SMILES string of the molecule is O=C(Nc1ccc(N2CCCCCC2)cc1)c1ccc(F)cc1Cl. The first-order chi connectivity index (χ1) is 11.6. The van der Waals surface area contributed by atoms with Gasteiger partial charge in [-0.2, -0.15) is 0 Å². The zero-order valence-corrected chi connectivity index (χ0v) is 14.2. The maximum atomic E-state index is 13.1. The van der Waals surface area contributed by atoms with Gasteiger partial charge in [-0.3, -0.25) is 4.79 Å². The van der Waals surface area contributed by atoms with E-state index in [4.69, 9.17) is 11.6 Å². The van der Waals surface area contributed by atoms with Crippen LogP contribution in [-0.4, -0.2) is 19.0 Å². The largest absolute Gasteiger partial charge is 0.372 e. The molecule has 1 fully saturated rings. The summed E-state index contributed by atoms with van der Waals surface area (Å²) in [6.45, 7) is 2.16. The fourth-order valence-corrected chi connectivity index (χ4v) is 3.21. The lowest BCUT2D eigenvalue weighted by atomic mass is 10.2. The smallest absolute Gasteiger partial charge is 0.257 e. The molecule has 0 atom stereocenters. The van der Waals surface area contributed by atoms with Crippen LogP contribution in [0, 0.1) is 5.82 Å². The Morgan fingerprint density at radius 2 is 1.67 bits per heavy atom. The van der Waals surface area contributed by atoms with Gasteiger partial charge in [-0.15, -0.1) is 0 Å². The molecule has 0 aliphatic carbocycles. The Balaban J connectivity index is 1.68.